The van der Waals surface area contributed by atoms with Gasteiger partial charge in [0.25, 0.3) is 0 Å². The van der Waals surface area contributed by atoms with E-state index < -0.39 is 17.6 Å². The standard InChI is InChI=1S/C17H19F4N5S.C7H14.C2H6/c1-10-3-2-6-26(9-10)15-12(17(19,20)21)8-23-16(25-15)24-14-5-4-11(27-22)7-13(14)18;1-7-5-3-2-4-6-7;1-2/h4-5,7-8,10H,2-3,6,9,22H2,1H3,(H,23,24,25);7H,2-6H2,1H3;1-2H3. The number of piperidine rings is 1. The van der Waals surface area contributed by atoms with Crippen LogP contribution in [0, 0.1) is 17.7 Å². The van der Waals surface area contributed by atoms with Crippen LogP contribution in [0.4, 0.5) is 35.0 Å². The smallest absolute Gasteiger partial charge is 0.356 e. The number of hydrogen-bond donors (Lipinski definition) is 2. The number of aromatic nitrogens is 2. The number of hydrogen-bond acceptors (Lipinski definition) is 6. The Balaban J connectivity index is 0.000000431. The molecule has 1 aromatic heterocycles. The van der Waals surface area contributed by atoms with Gasteiger partial charge in [0.1, 0.15) is 17.2 Å². The minimum atomic E-state index is -4.57. The molecule has 2 aliphatic rings. The van der Waals surface area contributed by atoms with Crippen LogP contribution in [-0.4, -0.2) is 23.1 Å². The summed E-state index contributed by atoms with van der Waals surface area (Å²) in [6.07, 6.45) is 5.36. The van der Waals surface area contributed by atoms with Crippen LogP contribution < -0.4 is 15.4 Å². The number of nitrogens with zero attached hydrogens (tertiary/aromatic N) is 3. The quantitative estimate of drug-likeness (QED) is 0.307. The van der Waals surface area contributed by atoms with Gasteiger partial charge in [0.15, 0.2) is 0 Å². The number of benzene rings is 1. The number of halogens is 4. The number of rotatable bonds is 4. The van der Waals surface area contributed by atoms with Crippen LogP contribution in [0.3, 0.4) is 0 Å². The van der Waals surface area contributed by atoms with Gasteiger partial charge in [-0.2, -0.15) is 18.2 Å². The molecule has 1 saturated carbocycles. The van der Waals surface area contributed by atoms with Gasteiger partial charge in [0, 0.05) is 24.2 Å². The van der Waals surface area contributed by atoms with Gasteiger partial charge < -0.3 is 10.2 Å². The van der Waals surface area contributed by atoms with Crippen LogP contribution in [0.2, 0.25) is 0 Å². The third-order valence-corrected chi connectivity index (χ3v) is 6.77. The third kappa shape index (κ3) is 9.10. The van der Waals surface area contributed by atoms with E-state index in [1.807, 2.05) is 20.8 Å². The van der Waals surface area contributed by atoms with E-state index >= 15 is 0 Å². The lowest BCUT2D eigenvalue weighted by Crippen LogP contribution is -2.36. The van der Waals surface area contributed by atoms with Crippen molar-refractivity contribution in [2.24, 2.45) is 17.0 Å². The Morgan fingerprint density at radius 2 is 1.69 bits per heavy atom. The predicted molar refractivity (Wildman–Crippen MR) is 141 cm³/mol. The van der Waals surface area contributed by atoms with Gasteiger partial charge in [0.05, 0.1) is 5.69 Å². The highest BCUT2D eigenvalue weighted by Gasteiger charge is 2.37. The summed E-state index contributed by atoms with van der Waals surface area (Å²) in [7, 11) is 0. The zero-order valence-electron chi connectivity index (χ0n) is 21.7. The van der Waals surface area contributed by atoms with Gasteiger partial charge in [-0.15, -0.1) is 0 Å². The monoisotopic (exact) mass is 529 g/mol. The largest absolute Gasteiger partial charge is 0.421 e. The van der Waals surface area contributed by atoms with Gasteiger partial charge in [0.2, 0.25) is 5.95 Å². The van der Waals surface area contributed by atoms with Crippen molar-refractivity contribution >= 4 is 29.4 Å². The highest BCUT2D eigenvalue weighted by Crippen LogP contribution is 2.37. The van der Waals surface area contributed by atoms with E-state index in [1.54, 1.807) is 11.0 Å². The number of nitrogens with one attached hydrogen (secondary N) is 1. The van der Waals surface area contributed by atoms with Crippen molar-refractivity contribution in [3.63, 3.8) is 0 Å². The summed E-state index contributed by atoms with van der Waals surface area (Å²) in [5.41, 5.74) is -0.831. The second-order valence-electron chi connectivity index (χ2n) is 9.25. The summed E-state index contributed by atoms with van der Waals surface area (Å²) in [4.78, 5) is 9.94. The van der Waals surface area contributed by atoms with Crippen LogP contribution in [0.25, 0.3) is 0 Å². The highest BCUT2D eigenvalue weighted by atomic mass is 32.2. The van der Waals surface area contributed by atoms with Crippen molar-refractivity contribution in [1.82, 2.24) is 9.97 Å². The fourth-order valence-corrected chi connectivity index (χ4v) is 4.67. The molecule has 2 heterocycles. The molecule has 0 spiro atoms. The van der Waals surface area contributed by atoms with Gasteiger partial charge in [-0.05, 0) is 54.8 Å². The minimum absolute atomic E-state index is 0.0607. The molecule has 1 saturated heterocycles. The van der Waals surface area contributed by atoms with Crippen molar-refractivity contribution in [3.05, 3.63) is 35.8 Å². The van der Waals surface area contributed by atoms with Crippen molar-refractivity contribution in [2.45, 2.75) is 83.7 Å². The topological polar surface area (TPSA) is 67.1 Å². The Morgan fingerprint density at radius 1 is 1.03 bits per heavy atom. The number of anilines is 3. The third-order valence-electron chi connectivity index (χ3n) is 6.25. The first-order valence-electron chi connectivity index (χ1n) is 12.8. The molecule has 1 unspecified atom stereocenters. The molecule has 0 radical (unpaired) electrons. The average molecular weight is 530 g/mol. The zero-order chi connectivity index (χ0) is 26.7. The minimum Gasteiger partial charge on any atom is -0.356 e. The van der Waals surface area contributed by atoms with E-state index in [1.165, 1.54) is 44.2 Å². The molecule has 2 fully saturated rings. The van der Waals surface area contributed by atoms with E-state index in [0.717, 1.165) is 36.9 Å². The normalized spacial score (nSPS) is 18.5. The molecular formula is C26H39F4N5S. The molecule has 1 aliphatic heterocycles. The molecule has 1 atom stereocenters. The van der Waals surface area contributed by atoms with E-state index in [-0.39, 0.29) is 23.4 Å². The zero-order valence-corrected chi connectivity index (χ0v) is 22.5. The molecule has 5 nitrogen and oxygen atoms in total. The molecular weight excluding hydrogens is 490 g/mol. The molecule has 202 valence electrons. The SMILES string of the molecule is CC.CC1CCCCC1.CC1CCCN(c2nc(Nc3ccc(SN)cc3F)ncc2C(F)(F)F)C1. The molecule has 3 N–H and O–H groups in total. The Morgan fingerprint density at radius 3 is 2.22 bits per heavy atom. The van der Waals surface area contributed by atoms with E-state index in [2.05, 4.69) is 22.2 Å². The Bertz CT molecular complexity index is 935. The summed E-state index contributed by atoms with van der Waals surface area (Å²) < 4.78 is 54.3. The van der Waals surface area contributed by atoms with E-state index in [4.69, 9.17) is 5.14 Å². The van der Waals surface area contributed by atoms with Gasteiger partial charge in [-0.3, -0.25) is 5.14 Å². The molecule has 2 aromatic rings. The Hall–Kier alpha value is -2.07. The van der Waals surface area contributed by atoms with Gasteiger partial charge >= 0.3 is 6.18 Å². The van der Waals surface area contributed by atoms with Crippen LogP contribution in [0.1, 0.15) is 78.2 Å². The van der Waals surface area contributed by atoms with Gasteiger partial charge in [-0.1, -0.05) is 59.8 Å². The lowest BCUT2D eigenvalue weighted by atomic mass is 9.91. The van der Waals surface area contributed by atoms with Crippen molar-refractivity contribution in [2.75, 3.05) is 23.3 Å². The molecule has 1 aromatic carbocycles. The summed E-state index contributed by atoms with van der Waals surface area (Å²) in [5.74, 6) is 0.435. The second-order valence-corrected chi connectivity index (χ2v) is 9.96. The first-order chi connectivity index (χ1) is 17.2. The Labute approximate surface area is 216 Å². The van der Waals surface area contributed by atoms with E-state index in [9.17, 15) is 17.6 Å². The molecule has 4 rings (SSSR count). The fraction of sp³-hybridized carbons (Fsp3) is 0.615. The predicted octanol–water partition coefficient (Wildman–Crippen LogP) is 8.19. The van der Waals surface area contributed by atoms with Crippen LogP contribution in [-0.2, 0) is 6.18 Å². The Kier molecular flexibility index (Phi) is 12.2. The molecule has 10 heteroatoms. The average Bonchev–Trinajstić information content (AvgIpc) is 2.86. The summed E-state index contributed by atoms with van der Waals surface area (Å²) in [6, 6.07) is 4.26. The van der Waals surface area contributed by atoms with Crippen molar-refractivity contribution < 1.29 is 17.6 Å². The van der Waals surface area contributed by atoms with Crippen LogP contribution >= 0.6 is 11.9 Å². The number of nitrogens with two attached hydrogens (primary N) is 1. The molecule has 36 heavy (non-hydrogen) atoms. The first kappa shape index (κ1) is 30.2. The first-order valence-corrected chi connectivity index (χ1v) is 13.7. The maximum absolute atomic E-state index is 14.1. The summed E-state index contributed by atoms with van der Waals surface area (Å²) in [6.45, 7) is 9.32. The lowest BCUT2D eigenvalue weighted by Gasteiger charge is -2.33. The maximum atomic E-state index is 14.1. The summed E-state index contributed by atoms with van der Waals surface area (Å²) >= 11 is 0.893. The summed E-state index contributed by atoms with van der Waals surface area (Å²) in [5, 5.41) is 8.04. The second kappa shape index (κ2) is 14.6. The molecule has 1 aliphatic carbocycles. The highest BCUT2D eigenvalue weighted by molar-refractivity contribution is 7.97. The maximum Gasteiger partial charge on any atom is 0.421 e. The van der Waals surface area contributed by atoms with Crippen LogP contribution in [0.15, 0.2) is 29.3 Å². The van der Waals surface area contributed by atoms with Crippen LogP contribution in [0.5, 0.6) is 0 Å². The fourth-order valence-electron chi connectivity index (χ4n) is 4.35. The van der Waals surface area contributed by atoms with Crippen molar-refractivity contribution in [1.29, 1.82) is 0 Å². The van der Waals surface area contributed by atoms with Gasteiger partial charge in [-0.25, -0.2) is 9.37 Å². The molecule has 0 amide bonds. The lowest BCUT2D eigenvalue weighted by molar-refractivity contribution is -0.137. The van der Waals surface area contributed by atoms with Crippen molar-refractivity contribution in [3.8, 4) is 0 Å². The molecule has 0 bridgehead atoms. The number of alkyl halides is 3. The van der Waals surface area contributed by atoms with E-state index in [0.29, 0.717) is 18.0 Å².